The van der Waals surface area contributed by atoms with Gasteiger partial charge >= 0.3 is 0 Å². The minimum Gasteiger partial charge on any atom is -0.346 e. The predicted molar refractivity (Wildman–Crippen MR) is 95.8 cm³/mol. The van der Waals surface area contributed by atoms with Crippen molar-refractivity contribution in [3.63, 3.8) is 0 Å². The summed E-state index contributed by atoms with van der Waals surface area (Å²) in [6, 6.07) is 8.13. The maximum atomic E-state index is 13.0. The quantitative estimate of drug-likeness (QED) is 0.610. The van der Waals surface area contributed by atoms with Crippen LogP contribution in [0.2, 0.25) is 0 Å². The number of pyridine rings is 1. The van der Waals surface area contributed by atoms with Crippen molar-refractivity contribution < 1.29 is 4.39 Å². The van der Waals surface area contributed by atoms with Crippen LogP contribution in [0, 0.1) is 5.82 Å². The molecule has 1 unspecified atom stereocenters. The summed E-state index contributed by atoms with van der Waals surface area (Å²) in [5, 5.41) is 11.5. The minimum absolute atomic E-state index is 0.0743. The molecule has 0 saturated heterocycles. The second-order valence-electron chi connectivity index (χ2n) is 6.01. The second kappa shape index (κ2) is 6.47. The van der Waals surface area contributed by atoms with Gasteiger partial charge in [0, 0.05) is 18.8 Å². The maximum absolute atomic E-state index is 13.0. The fourth-order valence-corrected chi connectivity index (χ4v) is 2.66. The van der Waals surface area contributed by atoms with Gasteiger partial charge in [-0.1, -0.05) is 12.1 Å². The number of rotatable bonds is 4. The fourth-order valence-electron chi connectivity index (χ4n) is 2.66. The molecule has 0 aliphatic carbocycles. The third-order valence-electron chi connectivity index (χ3n) is 4.12. The van der Waals surface area contributed by atoms with Gasteiger partial charge in [0.1, 0.15) is 17.0 Å². The van der Waals surface area contributed by atoms with E-state index < -0.39 is 0 Å². The Balaban J connectivity index is 1.53. The number of hydrogen-bond acceptors (Lipinski definition) is 6. The Bertz CT molecular complexity index is 1040. The predicted octanol–water partition coefficient (Wildman–Crippen LogP) is 3.13. The van der Waals surface area contributed by atoms with Crippen LogP contribution < -0.4 is 5.32 Å². The number of fused-ring (bicyclic) bond motifs is 1. The number of halogens is 1. The molecule has 1 aromatic carbocycles. The monoisotopic (exact) mass is 349 g/mol. The zero-order valence-corrected chi connectivity index (χ0v) is 14.3. The van der Waals surface area contributed by atoms with E-state index >= 15 is 0 Å². The lowest BCUT2D eigenvalue weighted by atomic mass is 10.1. The molecule has 1 N–H and O–H groups in total. The SMILES string of the molecule is CC(Nc1ncc(-c2cnc3c(c2)ncn3C)nn1)c1ccc(F)cc1. The van der Waals surface area contributed by atoms with Crippen molar-refractivity contribution in [1.82, 2.24) is 29.7 Å². The average molecular weight is 349 g/mol. The molecule has 26 heavy (non-hydrogen) atoms. The molecule has 0 saturated carbocycles. The van der Waals surface area contributed by atoms with Gasteiger partial charge in [0.2, 0.25) is 5.95 Å². The minimum atomic E-state index is -0.262. The molecule has 4 aromatic rings. The van der Waals surface area contributed by atoms with E-state index in [1.165, 1.54) is 12.1 Å². The molecule has 0 aliphatic heterocycles. The normalized spacial score (nSPS) is 12.3. The molecular weight excluding hydrogens is 333 g/mol. The van der Waals surface area contributed by atoms with E-state index in [0.29, 0.717) is 11.6 Å². The van der Waals surface area contributed by atoms with Crippen LogP contribution in [0.25, 0.3) is 22.4 Å². The van der Waals surface area contributed by atoms with Crippen molar-refractivity contribution in [1.29, 1.82) is 0 Å². The molecule has 0 amide bonds. The lowest BCUT2D eigenvalue weighted by molar-refractivity contribution is 0.626. The smallest absolute Gasteiger partial charge is 0.243 e. The van der Waals surface area contributed by atoms with Crippen molar-refractivity contribution in [3.05, 3.63) is 60.4 Å². The number of aryl methyl sites for hydroxylation is 1. The van der Waals surface area contributed by atoms with E-state index in [0.717, 1.165) is 22.3 Å². The molecular formula is C18H16FN7. The van der Waals surface area contributed by atoms with Gasteiger partial charge in [0.15, 0.2) is 5.65 Å². The number of nitrogens with zero attached hydrogens (tertiary/aromatic N) is 6. The highest BCUT2D eigenvalue weighted by Crippen LogP contribution is 2.20. The van der Waals surface area contributed by atoms with Crippen molar-refractivity contribution in [2.75, 3.05) is 5.32 Å². The number of aromatic nitrogens is 6. The average Bonchev–Trinajstić information content (AvgIpc) is 3.03. The molecule has 7 nitrogen and oxygen atoms in total. The number of anilines is 1. The first kappa shape index (κ1) is 16.1. The van der Waals surface area contributed by atoms with Gasteiger partial charge in [-0.25, -0.2) is 19.3 Å². The Morgan fingerprint density at radius 3 is 2.58 bits per heavy atom. The topological polar surface area (TPSA) is 81.4 Å². The van der Waals surface area contributed by atoms with Crippen LogP contribution >= 0.6 is 0 Å². The standard InChI is InChI=1S/C18H16FN7/c1-11(12-3-5-14(19)6-4-12)23-18-21-9-16(24-25-18)13-7-15-17(20-8-13)26(2)10-22-15/h3-11H,1-2H3,(H,21,23,25). The maximum Gasteiger partial charge on any atom is 0.243 e. The molecule has 130 valence electrons. The zero-order chi connectivity index (χ0) is 18.1. The summed E-state index contributed by atoms with van der Waals surface area (Å²) in [4.78, 5) is 13.0. The summed E-state index contributed by atoms with van der Waals surface area (Å²) >= 11 is 0. The molecule has 3 aromatic heterocycles. The largest absolute Gasteiger partial charge is 0.346 e. The van der Waals surface area contributed by atoms with Gasteiger partial charge in [0.05, 0.1) is 18.6 Å². The first-order chi connectivity index (χ1) is 12.6. The molecule has 3 heterocycles. The summed E-state index contributed by atoms with van der Waals surface area (Å²) in [6.45, 7) is 1.95. The number of benzene rings is 1. The van der Waals surface area contributed by atoms with Crippen molar-refractivity contribution in [2.24, 2.45) is 7.05 Å². The van der Waals surface area contributed by atoms with Crippen LogP contribution in [0.1, 0.15) is 18.5 Å². The van der Waals surface area contributed by atoms with Gasteiger partial charge in [-0.05, 0) is 30.7 Å². The van der Waals surface area contributed by atoms with E-state index in [1.54, 1.807) is 30.9 Å². The number of hydrogen-bond donors (Lipinski definition) is 1. The highest BCUT2D eigenvalue weighted by Gasteiger charge is 2.10. The molecule has 4 rings (SSSR count). The zero-order valence-electron chi connectivity index (χ0n) is 14.3. The van der Waals surface area contributed by atoms with Gasteiger partial charge < -0.3 is 9.88 Å². The highest BCUT2D eigenvalue weighted by molar-refractivity contribution is 5.76. The van der Waals surface area contributed by atoms with E-state index in [9.17, 15) is 4.39 Å². The molecule has 1 atom stereocenters. The molecule has 0 aliphatic rings. The van der Waals surface area contributed by atoms with Crippen molar-refractivity contribution in [3.8, 4) is 11.3 Å². The molecule has 0 bridgehead atoms. The summed E-state index contributed by atoms with van der Waals surface area (Å²) < 4.78 is 14.9. The van der Waals surface area contributed by atoms with E-state index in [2.05, 4.69) is 30.5 Å². The Labute approximate surface area is 149 Å². The molecule has 0 fully saturated rings. The van der Waals surface area contributed by atoms with Crippen LogP contribution in [0.3, 0.4) is 0 Å². The van der Waals surface area contributed by atoms with E-state index in [-0.39, 0.29) is 11.9 Å². The van der Waals surface area contributed by atoms with Crippen molar-refractivity contribution >= 4 is 17.1 Å². The second-order valence-corrected chi connectivity index (χ2v) is 6.01. The summed E-state index contributed by atoms with van der Waals surface area (Å²) in [5.74, 6) is 0.138. The summed E-state index contributed by atoms with van der Waals surface area (Å²) in [5.41, 5.74) is 3.95. The van der Waals surface area contributed by atoms with Gasteiger partial charge in [-0.3, -0.25) is 0 Å². The Morgan fingerprint density at radius 2 is 1.85 bits per heavy atom. The Morgan fingerprint density at radius 1 is 1.04 bits per heavy atom. The third-order valence-corrected chi connectivity index (χ3v) is 4.12. The first-order valence-electron chi connectivity index (χ1n) is 8.09. The van der Waals surface area contributed by atoms with Crippen LogP contribution in [0.5, 0.6) is 0 Å². The van der Waals surface area contributed by atoms with Crippen LogP contribution in [-0.2, 0) is 7.05 Å². The van der Waals surface area contributed by atoms with Crippen LogP contribution in [0.4, 0.5) is 10.3 Å². The van der Waals surface area contributed by atoms with Gasteiger partial charge in [0.25, 0.3) is 0 Å². The summed E-state index contributed by atoms with van der Waals surface area (Å²) in [7, 11) is 1.89. The fraction of sp³-hybridized carbons (Fsp3) is 0.167. The van der Waals surface area contributed by atoms with Crippen LogP contribution in [-0.4, -0.2) is 29.7 Å². The highest BCUT2D eigenvalue weighted by atomic mass is 19.1. The Kier molecular flexibility index (Phi) is 4.00. The van der Waals surface area contributed by atoms with Crippen LogP contribution in [0.15, 0.2) is 49.1 Å². The lowest BCUT2D eigenvalue weighted by Crippen LogP contribution is -2.10. The van der Waals surface area contributed by atoms with E-state index in [1.807, 2.05) is 24.6 Å². The third kappa shape index (κ3) is 3.08. The number of imidazole rings is 1. The number of nitrogens with one attached hydrogen (secondary N) is 1. The van der Waals surface area contributed by atoms with E-state index in [4.69, 9.17) is 0 Å². The van der Waals surface area contributed by atoms with Crippen molar-refractivity contribution in [2.45, 2.75) is 13.0 Å². The lowest BCUT2D eigenvalue weighted by Gasteiger charge is -2.13. The van der Waals surface area contributed by atoms with Gasteiger partial charge in [-0.2, -0.15) is 0 Å². The first-order valence-corrected chi connectivity index (χ1v) is 8.09. The molecule has 0 radical (unpaired) electrons. The molecule has 0 spiro atoms. The molecule has 8 heteroatoms. The summed E-state index contributed by atoms with van der Waals surface area (Å²) in [6.07, 6.45) is 5.08. The van der Waals surface area contributed by atoms with Gasteiger partial charge in [-0.15, -0.1) is 10.2 Å². The Hall–Kier alpha value is -3.42.